The number of aryl methyl sites for hydroxylation is 3. The van der Waals surface area contributed by atoms with Crippen molar-refractivity contribution in [1.29, 1.82) is 0 Å². The van der Waals surface area contributed by atoms with Crippen molar-refractivity contribution in [2.75, 3.05) is 0 Å². The zero-order valence-electron chi connectivity index (χ0n) is 18.3. The van der Waals surface area contributed by atoms with Crippen LogP contribution in [0, 0.1) is 13.8 Å². The predicted octanol–water partition coefficient (Wildman–Crippen LogP) is 5.81. The lowest BCUT2D eigenvalue weighted by molar-refractivity contribution is 0.525. The molecule has 0 saturated carbocycles. The zero-order valence-corrected chi connectivity index (χ0v) is 19.1. The number of nitrogens with zero attached hydrogens (tertiary/aromatic N) is 1. The van der Waals surface area contributed by atoms with Crippen LogP contribution in [0.1, 0.15) is 56.7 Å². The summed E-state index contributed by atoms with van der Waals surface area (Å²) in [6, 6.07) is 15.7. The first-order valence-electron chi connectivity index (χ1n) is 10.5. The fourth-order valence-electron chi connectivity index (χ4n) is 4.13. The van der Waals surface area contributed by atoms with Gasteiger partial charge in [0.2, 0.25) is 10.0 Å². The van der Waals surface area contributed by atoms with Gasteiger partial charge in [0.05, 0.1) is 4.90 Å². The summed E-state index contributed by atoms with van der Waals surface area (Å²) in [5.74, 6) is 0. The lowest BCUT2D eigenvalue weighted by atomic mass is 10.0. The molecule has 2 aromatic rings. The monoisotopic (exact) mass is 411 g/mol. The van der Waals surface area contributed by atoms with E-state index < -0.39 is 10.0 Å². The molecule has 0 bridgehead atoms. The smallest absolute Gasteiger partial charge is 0.207 e. The maximum atomic E-state index is 13.0. The van der Waals surface area contributed by atoms with E-state index in [0.717, 1.165) is 31.2 Å². The highest BCUT2D eigenvalue weighted by atomic mass is 32.2. The van der Waals surface area contributed by atoms with Gasteiger partial charge in [-0.1, -0.05) is 53.6 Å². The van der Waals surface area contributed by atoms with E-state index in [1.807, 2.05) is 32.9 Å². The van der Waals surface area contributed by atoms with Crippen LogP contribution < -0.4 is 0 Å². The van der Waals surface area contributed by atoms with E-state index in [0.29, 0.717) is 4.90 Å². The molecule has 156 valence electrons. The molecule has 2 aromatic carbocycles. The molecule has 4 heteroatoms. The summed E-state index contributed by atoms with van der Waals surface area (Å²) in [4.78, 5) is 0.393. The Balaban J connectivity index is 1.57. The molecule has 2 atom stereocenters. The summed E-state index contributed by atoms with van der Waals surface area (Å²) < 4.78 is 27.8. The molecular formula is C25H33NO2S. The Hall–Kier alpha value is -1.91. The van der Waals surface area contributed by atoms with Gasteiger partial charge in [-0.05, 0) is 83.6 Å². The second-order valence-electron chi connectivity index (χ2n) is 8.84. The maximum absolute atomic E-state index is 13.0. The summed E-state index contributed by atoms with van der Waals surface area (Å²) in [6.45, 7) is 10.3. The van der Waals surface area contributed by atoms with Crippen LogP contribution in [0.3, 0.4) is 0 Å². The topological polar surface area (TPSA) is 37.1 Å². The highest BCUT2D eigenvalue weighted by molar-refractivity contribution is 7.89. The molecule has 0 aromatic heterocycles. The summed E-state index contributed by atoms with van der Waals surface area (Å²) in [6.07, 6.45) is 6.18. The van der Waals surface area contributed by atoms with E-state index in [-0.39, 0.29) is 11.6 Å². The Morgan fingerprint density at radius 3 is 2.38 bits per heavy atom. The minimum atomic E-state index is -3.43. The van der Waals surface area contributed by atoms with Gasteiger partial charge in [-0.2, -0.15) is 4.31 Å². The molecule has 0 N–H and O–H groups in total. The van der Waals surface area contributed by atoms with Crippen molar-refractivity contribution in [3.63, 3.8) is 0 Å². The lowest BCUT2D eigenvalue weighted by Crippen LogP contribution is -2.18. The Morgan fingerprint density at radius 1 is 1.07 bits per heavy atom. The van der Waals surface area contributed by atoms with Crippen molar-refractivity contribution >= 4 is 10.0 Å². The van der Waals surface area contributed by atoms with Crippen LogP contribution in [-0.4, -0.2) is 24.3 Å². The molecule has 1 aliphatic heterocycles. The van der Waals surface area contributed by atoms with Gasteiger partial charge in [0.1, 0.15) is 0 Å². The Labute approximate surface area is 176 Å². The molecule has 3 nitrogen and oxygen atoms in total. The molecule has 0 radical (unpaired) electrons. The van der Waals surface area contributed by atoms with Gasteiger partial charge >= 0.3 is 0 Å². The zero-order chi connectivity index (χ0) is 21.2. The van der Waals surface area contributed by atoms with Crippen LogP contribution in [-0.2, 0) is 16.4 Å². The van der Waals surface area contributed by atoms with E-state index in [4.69, 9.17) is 0 Å². The largest absolute Gasteiger partial charge is 0.243 e. The van der Waals surface area contributed by atoms with E-state index in [1.165, 1.54) is 16.7 Å². The molecule has 0 amide bonds. The van der Waals surface area contributed by atoms with Gasteiger partial charge in [-0.3, -0.25) is 0 Å². The van der Waals surface area contributed by atoms with Gasteiger partial charge in [0, 0.05) is 11.6 Å². The maximum Gasteiger partial charge on any atom is 0.243 e. The number of rotatable bonds is 8. The first kappa shape index (κ1) is 21.8. The molecule has 0 aliphatic carbocycles. The first-order valence-corrected chi connectivity index (χ1v) is 11.9. The van der Waals surface area contributed by atoms with E-state index in [9.17, 15) is 8.42 Å². The SMILES string of the molecule is C/C(=C\CCc1ccccc1C)CCC1N(S(=O)(=O)c2ccc(C)cc2)C1(C)C. The van der Waals surface area contributed by atoms with Gasteiger partial charge in [-0.15, -0.1) is 0 Å². The third-order valence-electron chi connectivity index (χ3n) is 6.16. The number of hydrogen-bond donors (Lipinski definition) is 0. The van der Waals surface area contributed by atoms with Crippen LogP contribution in [0.25, 0.3) is 0 Å². The summed E-state index contributed by atoms with van der Waals surface area (Å²) in [5, 5.41) is 0. The van der Waals surface area contributed by atoms with Crippen molar-refractivity contribution in [3.05, 3.63) is 76.9 Å². The van der Waals surface area contributed by atoms with Crippen LogP contribution in [0.2, 0.25) is 0 Å². The van der Waals surface area contributed by atoms with Crippen molar-refractivity contribution in [2.45, 2.75) is 76.8 Å². The molecular weight excluding hydrogens is 378 g/mol. The van der Waals surface area contributed by atoms with E-state index in [2.05, 4.69) is 44.2 Å². The molecule has 3 rings (SSSR count). The van der Waals surface area contributed by atoms with Crippen molar-refractivity contribution < 1.29 is 8.42 Å². The third kappa shape index (κ3) is 4.81. The quantitative estimate of drug-likeness (QED) is 0.406. The van der Waals surface area contributed by atoms with Gasteiger partial charge in [0.15, 0.2) is 0 Å². The Kier molecular flexibility index (Phi) is 6.35. The number of allylic oxidation sites excluding steroid dienone is 2. The third-order valence-corrected chi connectivity index (χ3v) is 8.27. The lowest BCUT2D eigenvalue weighted by Gasteiger charge is -2.09. The predicted molar refractivity (Wildman–Crippen MR) is 121 cm³/mol. The van der Waals surface area contributed by atoms with E-state index in [1.54, 1.807) is 16.4 Å². The molecule has 1 saturated heterocycles. The number of benzene rings is 2. The number of hydrogen-bond acceptors (Lipinski definition) is 2. The van der Waals surface area contributed by atoms with E-state index >= 15 is 0 Å². The molecule has 29 heavy (non-hydrogen) atoms. The minimum Gasteiger partial charge on any atom is -0.207 e. The Bertz CT molecular complexity index is 988. The van der Waals surface area contributed by atoms with Crippen molar-refractivity contribution in [3.8, 4) is 0 Å². The highest BCUT2D eigenvalue weighted by Gasteiger charge is 2.61. The minimum absolute atomic E-state index is 0.0634. The summed E-state index contributed by atoms with van der Waals surface area (Å²) >= 11 is 0. The average Bonchev–Trinajstić information content (AvgIpc) is 3.23. The first-order chi connectivity index (χ1) is 13.6. The Morgan fingerprint density at radius 2 is 1.72 bits per heavy atom. The molecule has 0 spiro atoms. The number of sulfonamides is 1. The fraction of sp³-hybridized carbons (Fsp3) is 0.440. The fourth-order valence-corrected chi connectivity index (χ4v) is 6.23. The normalized spacial score (nSPS) is 21.2. The molecule has 1 fully saturated rings. The molecule has 1 heterocycles. The second-order valence-corrected chi connectivity index (χ2v) is 10.7. The van der Waals surface area contributed by atoms with Gasteiger partial charge < -0.3 is 0 Å². The summed E-state index contributed by atoms with van der Waals surface area (Å²) in [7, 11) is -3.43. The van der Waals surface area contributed by atoms with Crippen molar-refractivity contribution in [2.24, 2.45) is 0 Å². The highest BCUT2D eigenvalue weighted by Crippen LogP contribution is 2.48. The standard InChI is InChI=1S/C25H33NO2S/c1-19(9-8-12-22-11-7-6-10-21(22)3)15-18-24-25(4,5)26(24)29(27,28)23-16-13-20(2)14-17-23/h6-7,9-11,13-14,16-17,24H,8,12,15,18H2,1-5H3/b19-9+. The molecule has 2 unspecified atom stereocenters. The van der Waals surface area contributed by atoms with Crippen LogP contribution in [0.4, 0.5) is 0 Å². The van der Waals surface area contributed by atoms with Gasteiger partial charge in [0.25, 0.3) is 0 Å². The van der Waals surface area contributed by atoms with Gasteiger partial charge in [-0.25, -0.2) is 8.42 Å². The van der Waals surface area contributed by atoms with Crippen LogP contribution in [0.15, 0.2) is 65.1 Å². The van der Waals surface area contributed by atoms with Crippen LogP contribution >= 0.6 is 0 Å². The van der Waals surface area contributed by atoms with Crippen molar-refractivity contribution in [1.82, 2.24) is 4.31 Å². The van der Waals surface area contributed by atoms with Crippen LogP contribution in [0.5, 0.6) is 0 Å². The molecule has 1 aliphatic rings. The summed E-state index contributed by atoms with van der Waals surface area (Å²) in [5.41, 5.74) is 4.84. The second kappa shape index (κ2) is 8.45. The average molecular weight is 412 g/mol.